The SMILES string of the molecule is O=[N+]([O-])c1nn(-c2cccc(Cl)c2)cc1Br. The lowest BCUT2D eigenvalue weighted by Gasteiger charge is -1.96. The highest BCUT2D eigenvalue weighted by molar-refractivity contribution is 9.10. The molecule has 1 aromatic carbocycles. The third-order valence-corrected chi connectivity index (χ3v) is 2.69. The number of benzene rings is 1. The van der Waals surface area contributed by atoms with Crippen LogP contribution in [0.4, 0.5) is 5.82 Å². The van der Waals surface area contributed by atoms with Crippen molar-refractivity contribution in [2.75, 3.05) is 0 Å². The molecule has 0 saturated heterocycles. The van der Waals surface area contributed by atoms with E-state index in [1.807, 2.05) is 0 Å². The van der Waals surface area contributed by atoms with Gasteiger partial charge in [-0.1, -0.05) is 17.7 Å². The lowest BCUT2D eigenvalue weighted by atomic mass is 10.3. The van der Waals surface area contributed by atoms with Crippen LogP contribution < -0.4 is 0 Å². The van der Waals surface area contributed by atoms with Gasteiger partial charge in [0.2, 0.25) is 0 Å². The lowest BCUT2D eigenvalue weighted by Crippen LogP contribution is -1.96. The molecule has 0 bridgehead atoms. The highest BCUT2D eigenvalue weighted by Gasteiger charge is 2.19. The zero-order valence-electron chi connectivity index (χ0n) is 7.80. The van der Waals surface area contributed by atoms with Gasteiger partial charge in [0.1, 0.15) is 4.47 Å². The monoisotopic (exact) mass is 301 g/mol. The zero-order chi connectivity index (χ0) is 11.7. The smallest absolute Gasteiger partial charge is 0.358 e. The number of nitrogens with zero attached hydrogens (tertiary/aromatic N) is 3. The Balaban J connectivity index is 2.49. The summed E-state index contributed by atoms with van der Waals surface area (Å²) in [6.45, 7) is 0. The van der Waals surface area contributed by atoms with E-state index in [0.717, 1.165) is 0 Å². The van der Waals surface area contributed by atoms with Crippen molar-refractivity contribution < 1.29 is 4.92 Å². The topological polar surface area (TPSA) is 61.0 Å². The van der Waals surface area contributed by atoms with Crippen LogP contribution in [0, 0.1) is 10.1 Å². The molecule has 2 aromatic rings. The molecule has 0 unspecified atom stereocenters. The molecule has 82 valence electrons. The molecule has 0 radical (unpaired) electrons. The van der Waals surface area contributed by atoms with Gasteiger partial charge in [-0.3, -0.25) is 0 Å². The van der Waals surface area contributed by atoms with Crippen molar-refractivity contribution in [2.45, 2.75) is 0 Å². The van der Waals surface area contributed by atoms with E-state index in [2.05, 4.69) is 21.0 Å². The van der Waals surface area contributed by atoms with Gasteiger partial charge in [0, 0.05) is 5.02 Å². The van der Waals surface area contributed by atoms with Gasteiger partial charge in [0.15, 0.2) is 0 Å². The number of hydrogen-bond acceptors (Lipinski definition) is 3. The van der Waals surface area contributed by atoms with Gasteiger partial charge in [-0.2, -0.15) is 0 Å². The molecule has 2 rings (SSSR count). The number of aromatic nitrogens is 2. The molecule has 0 aliphatic heterocycles. The standard InChI is InChI=1S/C9H5BrClN3O2/c10-8-5-13(12-9(8)14(15)16)7-3-1-2-6(11)4-7/h1-5H. The predicted molar refractivity (Wildman–Crippen MR) is 62.9 cm³/mol. The molecule has 0 atom stereocenters. The Bertz CT molecular complexity index is 555. The summed E-state index contributed by atoms with van der Waals surface area (Å²) in [6.07, 6.45) is 1.52. The second-order valence-corrected chi connectivity index (χ2v) is 4.27. The maximum Gasteiger partial charge on any atom is 0.404 e. The third-order valence-electron chi connectivity index (χ3n) is 1.90. The van der Waals surface area contributed by atoms with Crippen LogP contribution in [0.5, 0.6) is 0 Å². The van der Waals surface area contributed by atoms with E-state index >= 15 is 0 Å². The van der Waals surface area contributed by atoms with Crippen molar-refractivity contribution in [3.63, 3.8) is 0 Å². The van der Waals surface area contributed by atoms with Crippen LogP contribution in [-0.2, 0) is 0 Å². The summed E-state index contributed by atoms with van der Waals surface area (Å²) in [5.74, 6) is -0.222. The maximum atomic E-state index is 10.6. The van der Waals surface area contributed by atoms with Gasteiger partial charge in [0.05, 0.1) is 17.0 Å². The second kappa shape index (κ2) is 4.23. The highest BCUT2D eigenvalue weighted by atomic mass is 79.9. The van der Waals surface area contributed by atoms with Gasteiger partial charge in [-0.15, -0.1) is 4.68 Å². The molecular weight excluding hydrogens is 297 g/mol. The third kappa shape index (κ3) is 2.07. The summed E-state index contributed by atoms with van der Waals surface area (Å²) in [7, 11) is 0. The van der Waals surface area contributed by atoms with Crippen LogP contribution >= 0.6 is 27.5 Å². The number of rotatable bonds is 2. The van der Waals surface area contributed by atoms with E-state index in [1.54, 1.807) is 24.3 Å². The van der Waals surface area contributed by atoms with E-state index in [-0.39, 0.29) is 5.82 Å². The van der Waals surface area contributed by atoms with Gasteiger partial charge < -0.3 is 10.1 Å². The van der Waals surface area contributed by atoms with Crippen LogP contribution in [-0.4, -0.2) is 14.7 Å². The van der Waals surface area contributed by atoms with Crippen molar-refractivity contribution in [3.8, 4) is 5.69 Å². The predicted octanol–water partition coefficient (Wildman–Crippen LogP) is 3.20. The minimum Gasteiger partial charge on any atom is -0.358 e. The fraction of sp³-hybridized carbons (Fsp3) is 0. The van der Waals surface area contributed by atoms with Crippen LogP contribution in [0.15, 0.2) is 34.9 Å². The Morgan fingerprint density at radius 2 is 2.25 bits per heavy atom. The molecule has 7 heteroatoms. The van der Waals surface area contributed by atoms with Gasteiger partial charge in [-0.25, -0.2) is 0 Å². The summed E-state index contributed by atoms with van der Waals surface area (Å²) < 4.78 is 1.73. The molecule has 1 aromatic heterocycles. The maximum absolute atomic E-state index is 10.6. The molecule has 0 aliphatic carbocycles. The number of nitro groups is 1. The van der Waals surface area contributed by atoms with E-state index in [0.29, 0.717) is 15.2 Å². The van der Waals surface area contributed by atoms with E-state index in [4.69, 9.17) is 11.6 Å². The molecular formula is C9H5BrClN3O2. The average molecular weight is 303 g/mol. The van der Waals surface area contributed by atoms with Crippen molar-refractivity contribution >= 4 is 33.3 Å². The fourth-order valence-corrected chi connectivity index (χ4v) is 1.82. The van der Waals surface area contributed by atoms with Crippen molar-refractivity contribution in [2.24, 2.45) is 0 Å². The Morgan fingerprint density at radius 1 is 1.50 bits per heavy atom. The Morgan fingerprint density at radius 3 is 2.81 bits per heavy atom. The fourth-order valence-electron chi connectivity index (χ4n) is 1.22. The first-order valence-electron chi connectivity index (χ1n) is 4.23. The first-order valence-corrected chi connectivity index (χ1v) is 5.40. The normalized spacial score (nSPS) is 10.4. The molecule has 0 fully saturated rings. The number of hydrogen-bond donors (Lipinski definition) is 0. The van der Waals surface area contributed by atoms with Crippen molar-refractivity contribution in [3.05, 3.63) is 50.1 Å². The van der Waals surface area contributed by atoms with E-state index < -0.39 is 4.92 Å². The van der Waals surface area contributed by atoms with Gasteiger partial charge >= 0.3 is 5.82 Å². The zero-order valence-corrected chi connectivity index (χ0v) is 10.1. The van der Waals surface area contributed by atoms with Crippen LogP contribution in [0.2, 0.25) is 5.02 Å². The Kier molecular flexibility index (Phi) is 2.93. The first-order chi connectivity index (χ1) is 7.58. The van der Waals surface area contributed by atoms with Crippen molar-refractivity contribution in [1.82, 2.24) is 9.78 Å². The molecule has 0 amide bonds. The van der Waals surface area contributed by atoms with Gasteiger partial charge in [0.25, 0.3) is 0 Å². The molecule has 5 nitrogen and oxygen atoms in total. The Hall–Kier alpha value is -1.40. The van der Waals surface area contributed by atoms with Crippen molar-refractivity contribution in [1.29, 1.82) is 0 Å². The van der Waals surface area contributed by atoms with Gasteiger partial charge in [-0.05, 0) is 39.1 Å². The molecule has 16 heavy (non-hydrogen) atoms. The minimum absolute atomic E-state index is 0.222. The molecule has 0 spiro atoms. The van der Waals surface area contributed by atoms with E-state index in [1.165, 1.54) is 10.9 Å². The van der Waals surface area contributed by atoms with Crippen LogP contribution in [0.1, 0.15) is 0 Å². The summed E-state index contributed by atoms with van der Waals surface area (Å²) >= 11 is 8.89. The molecule has 0 aliphatic rings. The first kappa shape index (κ1) is 11.1. The Labute approximate surface area is 104 Å². The average Bonchev–Trinajstić information content (AvgIpc) is 2.60. The largest absolute Gasteiger partial charge is 0.404 e. The van der Waals surface area contributed by atoms with Crippen LogP contribution in [0.3, 0.4) is 0 Å². The molecule has 0 N–H and O–H groups in total. The molecule has 1 heterocycles. The number of halogens is 2. The minimum atomic E-state index is -0.550. The molecule has 0 saturated carbocycles. The summed E-state index contributed by atoms with van der Waals surface area (Å²) in [5.41, 5.74) is 0.668. The lowest BCUT2D eigenvalue weighted by molar-refractivity contribution is -0.390. The summed E-state index contributed by atoms with van der Waals surface area (Å²) in [5, 5.41) is 15.0. The second-order valence-electron chi connectivity index (χ2n) is 2.98. The summed E-state index contributed by atoms with van der Waals surface area (Å²) in [4.78, 5) is 10.1. The van der Waals surface area contributed by atoms with Crippen LogP contribution in [0.25, 0.3) is 5.69 Å². The van der Waals surface area contributed by atoms with E-state index in [9.17, 15) is 10.1 Å². The highest BCUT2D eigenvalue weighted by Crippen LogP contribution is 2.24. The summed E-state index contributed by atoms with van der Waals surface area (Å²) in [6, 6.07) is 6.90. The quantitative estimate of drug-likeness (QED) is 0.632.